The molecule has 0 saturated carbocycles. The summed E-state index contributed by atoms with van der Waals surface area (Å²) in [5, 5.41) is 9.68. The summed E-state index contributed by atoms with van der Waals surface area (Å²) in [5.74, 6) is 0.311. The van der Waals surface area contributed by atoms with Crippen molar-refractivity contribution in [1.82, 2.24) is 10.2 Å². The van der Waals surface area contributed by atoms with Crippen molar-refractivity contribution < 1.29 is 4.79 Å². The normalized spacial score (nSPS) is 12.1. The van der Waals surface area contributed by atoms with Crippen LogP contribution in [0.3, 0.4) is 0 Å². The minimum absolute atomic E-state index is 0.219. The van der Waals surface area contributed by atoms with E-state index in [0.717, 1.165) is 24.1 Å². The average Bonchev–Trinajstić information content (AvgIpc) is 2.87. The Morgan fingerprint density at radius 3 is 2.85 bits per heavy atom. The Hall–Kier alpha value is -2.14. The number of H-pyrrole nitrogens is 1. The van der Waals surface area contributed by atoms with Gasteiger partial charge in [0.1, 0.15) is 0 Å². The van der Waals surface area contributed by atoms with Gasteiger partial charge in [-0.05, 0) is 18.4 Å². The van der Waals surface area contributed by atoms with Crippen LogP contribution in [-0.2, 0) is 17.6 Å². The number of hydrogen-bond donors (Lipinski definition) is 3. The van der Waals surface area contributed by atoms with E-state index < -0.39 is 6.04 Å². The fourth-order valence-corrected chi connectivity index (χ4v) is 2.00. The Balaban J connectivity index is 1.90. The first kappa shape index (κ1) is 14.3. The highest BCUT2D eigenvalue weighted by molar-refractivity contribution is 5.94. The van der Waals surface area contributed by atoms with E-state index in [-0.39, 0.29) is 5.91 Å². The van der Waals surface area contributed by atoms with Gasteiger partial charge < -0.3 is 11.1 Å². The van der Waals surface area contributed by atoms with Gasteiger partial charge in [0.05, 0.1) is 6.04 Å². The summed E-state index contributed by atoms with van der Waals surface area (Å²) in [6.45, 7) is 2.09. The number of amides is 1. The number of aryl methyl sites for hydroxylation is 1. The van der Waals surface area contributed by atoms with E-state index in [1.54, 1.807) is 0 Å². The number of carbonyl (C=O) groups excluding carboxylic acids is 1. The zero-order valence-electron chi connectivity index (χ0n) is 11.6. The van der Waals surface area contributed by atoms with Crippen LogP contribution >= 0.6 is 0 Å². The Labute approximate surface area is 118 Å². The van der Waals surface area contributed by atoms with Crippen LogP contribution in [0.15, 0.2) is 36.4 Å². The number of aromatic amines is 1. The Bertz CT molecular complexity index is 550. The number of rotatable bonds is 6. The van der Waals surface area contributed by atoms with Crippen LogP contribution in [-0.4, -0.2) is 22.1 Å². The lowest BCUT2D eigenvalue weighted by Crippen LogP contribution is -2.37. The predicted octanol–water partition coefficient (Wildman–Crippen LogP) is 1.87. The molecule has 20 heavy (non-hydrogen) atoms. The molecule has 0 radical (unpaired) electrons. The molecule has 1 amide bonds. The maximum Gasteiger partial charge on any atom is 0.242 e. The molecule has 5 nitrogen and oxygen atoms in total. The lowest BCUT2D eigenvalue weighted by atomic mass is 10.1. The first-order chi connectivity index (χ1) is 9.69. The van der Waals surface area contributed by atoms with E-state index >= 15 is 0 Å². The second-order valence-electron chi connectivity index (χ2n) is 4.81. The summed E-state index contributed by atoms with van der Waals surface area (Å²) in [5.41, 5.74) is 7.97. The van der Waals surface area contributed by atoms with E-state index in [4.69, 9.17) is 5.73 Å². The third kappa shape index (κ3) is 3.93. The number of nitrogens with zero attached hydrogens (tertiary/aromatic N) is 1. The van der Waals surface area contributed by atoms with Gasteiger partial charge in [-0.3, -0.25) is 9.89 Å². The third-order valence-corrected chi connectivity index (χ3v) is 3.04. The minimum atomic E-state index is -0.580. The molecule has 1 atom stereocenters. The molecule has 0 aliphatic heterocycles. The maximum absolute atomic E-state index is 12.0. The largest absolute Gasteiger partial charge is 0.320 e. The zero-order chi connectivity index (χ0) is 14.4. The quantitative estimate of drug-likeness (QED) is 0.750. The van der Waals surface area contributed by atoms with Crippen molar-refractivity contribution in [2.75, 3.05) is 5.32 Å². The Morgan fingerprint density at radius 2 is 2.15 bits per heavy atom. The monoisotopic (exact) mass is 272 g/mol. The summed E-state index contributed by atoms with van der Waals surface area (Å²) < 4.78 is 0. The molecule has 5 heteroatoms. The summed E-state index contributed by atoms with van der Waals surface area (Å²) in [4.78, 5) is 12.0. The van der Waals surface area contributed by atoms with Crippen molar-refractivity contribution in [3.05, 3.63) is 47.7 Å². The second kappa shape index (κ2) is 6.86. The van der Waals surface area contributed by atoms with Gasteiger partial charge in [-0.25, -0.2) is 0 Å². The number of hydrogen-bond acceptors (Lipinski definition) is 3. The number of carbonyl (C=O) groups is 1. The molecule has 0 unspecified atom stereocenters. The van der Waals surface area contributed by atoms with Crippen molar-refractivity contribution in [3.8, 4) is 0 Å². The molecule has 1 heterocycles. The van der Waals surface area contributed by atoms with Crippen LogP contribution in [0.5, 0.6) is 0 Å². The molecular formula is C15H20N4O. The molecule has 1 aromatic heterocycles. The number of benzene rings is 1. The number of aromatic nitrogens is 2. The van der Waals surface area contributed by atoms with Crippen LogP contribution in [0.25, 0.3) is 0 Å². The van der Waals surface area contributed by atoms with Crippen LogP contribution < -0.4 is 11.1 Å². The molecule has 2 rings (SSSR count). The molecule has 2 aromatic rings. The smallest absolute Gasteiger partial charge is 0.242 e. The van der Waals surface area contributed by atoms with E-state index in [9.17, 15) is 4.79 Å². The van der Waals surface area contributed by atoms with Crippen molar-refractivity contribution in [2.45, 2.75) is 32.2 Å². The molecule has 0 aliphatic carbocycles. The molecule has 106 valence electrons. The van der Waals surface area contributed by atoms with Crippen LogP contribution in [0.4, 0.5) is 5.82 Å². The molecule has 0 aliphatic rings. The van der Waals surface area contributed by atoms with Crippen molar-refractivity contribution in [3.63, 3.8) is 0 Å². The van der Waals surface area contributed by atoms with Crippen molar-refractivity contribution in [1.29, 1.82) is 0 Å². The molecule has 0 fully saturated rings. The molecular weight excluding hydrogens is 252 g/mol. The van der Waals surface area contributed by atoms with Gasteiger partial charge in [0.25, 0.3) is 0 Å². The highest BCUT2D eigenvalue weighted by Crippen LogP contribution is 2.08. The molecule has 0 saturated heterocycles. The lowest BCUT2D eigenvalue weighted by molar-refractivity contribution is -0.117. The topological polar surface area (TPSA) is 83.8 Å². The van der Waals surface area contributed by atoms with E-state index in [2.05, 4.69) is 22.4 Å². The fourth-order valence-electron chi connectivity index (χ4n) is 2.00. The zero-order valence-corrected chi connectivity index (χ0v) is 11.6. The van der Waals surface area contributed by atoms with Crippen molar-refractivity contribution >= 4 is 11.7 Å². The summed E-state index contributed by atoms with van der Waals surface area (Å²) >= 11 is 0. The van der Waals surface area contributed by atoms with Gasteiger partial charge >= 0.3 is 0 Å². The van der Waals surface area contributed by atoms with Gasteiger partial charge in [0.15, 0.2) is 5.82 Å². The average molecular weight is 272 g/mol. The summed E-state index contributed by atoms with van der Waals surface area (Å²) in [6, 6.07) is 11.0. The Kier molecular flexibility index (Phi) is 4.90. The first-order valence-corrected chi connectivity index (χ1v) is 6.83. The van der Waals surface area contributed by atoms with Gasteiger partial charge in [0, 0.05) is 11.8 Å². The third-order valence-electron chi connectivity index (χ3n) is 3.04. The van der Waals surface area contributed by atoms with Crippen LogP contribution in [0.1, 0.15) is 24.6 Å². The molecule has 0 bridgehead atoms. The van der Waals surface area contributed by atoms with Gasteiger partial charge in [-0.2, -0.15) is 5.10 Å². The molecule has 1 aromatic carbocycles. The number of nitrogens with one attached hydrogen (secondary N) is 2. The standard InChI is InChI=1S/C15H20N4O/c1-2-6-12-10-14(19-18-12)17-15(20)13(16)9-11-7-4-3-5-8-11/h3-5,7-8,10,13H,2,6,9,16H2,1H3,(H2,17,18,19,20)/t13-/m0/s1. The highest BCUT2D eigenvalue weighted by atomic mass is 16.2. The highest BCUT2D eigenvalue weighted by Gasteiger charge is 2.15. The molecule has 4 N–H and O–H groups in total. The number of nitrogens with two attached hydrogens (primary N) is 1. The second-order valence-corrected chi connectivity index (χ2v) is 4.81. The van der Waals surface area contributed by atoms with E-state index in [0.29, 0.717) is 12.2 Å². The van der Waals surface area contributed by atoms with Gasteiger partial charge in [-0.15, -0.1) is 0 Å². The van der Waals surface area contributed by atoms with Crippen LogP contribution in [0, 0.1) is 0 Å². The first-order valence-electron chi connectivity index (χ1n) is 6.83. The van der Waals surface area contributed by atoms with Gasteiger partial charge in [0.2, 0.25) is 5.91 Å². The minimum Gasteiger partial charge on any atom is -0.320 e. The SMILES string of the molecule is CCCc1cc(NC(=O)[C@@H](N)Cc2ccccc2)n[nH]1. The molecule has 0 spiro atoms. The predicted molar refractivity (Wildman–Crippen MR) is 79.3 cm³/mol. The van der Waals surface area contributed by atoms with Gasteiger partial charge in [-0.1, -0.05) is 43.7 Å². The number of anilines is 1. The van der Waals surface area contributed by atoms with E-state index in [1.807, 2.05) is 36.4 Å². The van der Waals surface area contributed by atoms with E-state index in [1.165, 1.54) is 0 Å². The summed E-state index contributed by atoms with van der Waals surface area (Å²) in [6.07, 6.45) is 2.46. The van der Waals surface area contributed by atoms with Crippen molar-refractivity contribution in [2.24, 2.45) is 5.73 Å². The Morgan fingerprint density at radius 1 is 1.40 bits per heavy atom. The maximum atomic E-state index is 12.0. The lowest BCUT2D eigenvalue weighted by Gasteiger charge is -2.10. The van der Waals surface area contributed by atoms with Crippen LogP contribution in [0.2, 0.25) is 0 Å². The summed E-state index contributed by atoms with van der Waals surface area (Å²) in [7, 11) is 0. The fraction of sp³-hybridized carbons (Fsp3) is 0.333.